The molecule has 0 fully saturated rings. The van der Waals surface area contributed by atoms with Crippen molar-refractivity contribution >= 4 is 45.6 Å². The van der Waals surface area contributed by atoms with Gasteiger partial charge < -0.3 is 9.84 Å². The van der Waals surface area contributed by atoms with E-state index in [-0.39, 0.29) is 11.3 Å². The first-order valence-corrected chi connectivity index (χ1v) is 10.8. The quantitative estimate of drug-likeness (QED) is 0.359. The third kappa shape index (κ3) is 4.20. The molecule has 0 radical (unpaired) electrons. The maximum atomic E-state index is 13.5. The molecule has 4 rings (SSSR count). The topological polar surface area (TPSA) is 64.3 Å². The fourth-order valence-corrected chi connectivity index (χ4v) is 4.04. The van der Waals surface area contributed by atoms with Crippen molar-refractivity contribution < 1.29 is 9.84 Å². The third-order valence-electron chi connectivity index (χ3n) is 5.08. The molecule has 0 saturated carbocycles. The van der Waals surface area contributed by atoms with E-state index < -0.39 is 0 Å². The summed E-state index contributed by atoms with van der Waals surface area (Å²) < 4.78 is 7.83. The molecule has 4 aromatic rings. The van der Waals surface area contributed by atoms with Gasteiger partial charge in [-0.05, 0) is 90.0 Å². The van der Waals surface area contributed by atoms with Crippen LogP contribution in [0.3, 0.4) is 0 Å². The third-order valence-corrected chi connectivity index (χ3v) is 5.75. The van der Waals surface area contributed by atoms with Crippen LogP contribution in [0.1, 0.15) is 22.5 Å². The van der Waals surface area contributed by atoms with E-state index in [1.54, 1.807) is 22.8 Å². The molecule has 0 saturated heterocycles. The van der Waals surface area contributed by atoms with Crippen molar-refractivity contribution in [1.82, 2.24) is 9.55 Å². The molecule has 0 aliphatic heterocycles. The van der Waals surface area contributed by atoms with Crippen molar-refractivity contribution in [3.05, 3.63) is 91.0 Å². The van der Waals surface area contributed by atoms with E-state index in [1.165, 1.54) is 7.11 Å². The Morgan fingerprint density at radius 3 is 2.58 bits per heavy atom. The largest absolute Gasteiger partial charge is 0.504 e. The SMILES string of the molecule is COc1cc(C=Cc2nc3ccc(I)cc3c(=O)n2-c2ccc(C)cc2C)ccc1O. The predicted molar refractivity (Wildman–Crippen MR) is 133 cm³/mol. The molecule has 1 heterocycles. The number of aromatic nitrogens is 2. The van der Waals surface area contributed by atoms with Gasteiger partial charge in [0.2, 0.25) is 0 Å². The highest BCUT2D eigenvalue weighted by molar-refractivity contribution is 14.1. The average molecular weight is 524 g/mol. The summed E-state index contributed by atoms with van der Waals surface area (Å²) in [5.74, 6) is 0.984. The number of aryl methyl sites for hydroxylation is 2. The van der Waals surface area contributed by atoms with Crippen LogP contribution in [0.15, 0.2) is 59.4 Å². The fourth-order valence-electron chi connectivity index (χ4n) is 3.54. The highest BCUT2D eigenvalue weighted by Gasteiger charge is 2.13. The Morgan fingerprint density at radius 2 is 1.84 bits per heavy atom. The second-order valence-electron chi connectivity index (χ2n) is 7.33. The molecule has 0 unspecified atom stereocenters. The summed E-state index contributed by atoms with van der Waals surface area (Å²) in [6, 6.07) is 16.8. The summed E-state index contributed by atoms with van der Waals surface area (Å²) in [5, 5.41) is 10.4. The van der Waals surface area contributed by atoms with Gasteiger partial charge in [-0.25, -0.2) is 4.98 Å². The normalized spacial score (nSPS) is 11.4. The number of hydrogen-bond donors (Lipinski definition) is 1. The lowest BCUT2D eigenvalue weighted by atomic mass is 10.1. The second-order valence-corrected chi connectivity index (χ2v) is 8.57. The monoisotopic (exact) mass is 524 g/mol. The van der Waals surface area contributed by atoms with Crippen LogP contribution in [-0.4, -0.2) is 21.8 Å². The van der Waals surface area contributed by atoms with Crippen molar-refractivity contribution in [2.45, 2.75) is 13.8 Å². The summed E-state index contributed by atoms with van der Waals surface area (Å²) >= 11 is 2.20. The van der Waals surface area contributed by atoms with Gasteiger partial charge in [0.1, 0.15) is 5.82 Å². The van der Waals surface area contributed by atoms with Gasteiger partial charge in [0.25, 0.3) is 5.56 Å². The number of rotatable bonds is 4. The number of hydrogen-bond acceptors (Lipinski definition) is 4. The first kappa shape index (κ1) is 21.1. The standard InChI is InChI=1S/C25H21IN2O3/c1-15-4-9-21(16(2)12-15)28-24(11-6-17-5-10-22(29)23(13-17)31-3)27-20-8-7-18(26)14-19(20)25(28)30/h4-14,29H,1-3H3. The van der Waals surface area contributed by atoms with Crippen LogP contribution in [0.25, 0.3) is 28.7 Å². The lowest BCUT2D eigenvalue weighted by Crippen LogP contribution is -2.23. The van der Waals surface area contributed by atoms with Gasteiger partial charge in [-0.2, -0.15) is 0 Å². The van der Waals surface area contributed by atoms with Crippen LogP contribution in [-0.2, 0) is 0 Å². The van der Waals surface area contributed by atoms with Crippen LogP contribution in [0.5, 0.6) is 11.5 Å². The van der Waals surface area contributed by atoms with Crippen molar-refractivity contribution in [3.63, 3.8) is 0 Å². The molecule has 0 aliphatic rings. The predicted octanol–water partition coefficient (Wildman–Crippen LogP) is 5.49. The molecule has 31 heavy (non-hydrogen) atoms. The number of aromatic hydroxyl groups is 1. The van der Waals surface area contributed by atoms with Crippen LogP contribution in [0.4, 0.5) is 0 Å². The summed E-state index contributed by atoms with van der Waals surface area (Å²) in [6.07, 6.45) is 3.66. The van der Waals surface area contributed by atoms with E-state index in [0.29, 0.717) is 22.5 Å². The Morgan fingerprint density at radius 1 is 1.03 bits per heavy atom. The van der Waals surface area contributed by atoms with E-state index in [2.05, 4.69) is 28.7 Å². The zero-order valence-corrected chi connectivity index (χ0v) is 19.5. The number of methoxy groups -OCH3 is 1. The first-order chi connectivity index (χ1) is 14.9. The van der Waals surface area contributed by atoms with E-state index >= 15 is 0 Å². The number of nitrogens with zero attached hydrogens (tertiary/aromatic N) is 2. The molecule has 0 spiro atoms. The molecule has 0 bridgehead atoms. The number of halogens is 1. The minimum Gasteiger partial charge on any atom is -0.504 e. The maximum Gasteiger partial charge on any atom is 0.266 e. The minimum absolute atomic E-state index is 0.0743. The highest BCUT2D eigenvalue weighted by Crippen LogP contribution is 2.27. The lowest BCUT2D eigenvalue weighted by Gasteiger charge is -2.14. The molecule has 1 N–H and O–H groups in total. The molecule has 0 atom stereocenters. The maximum absolute atomic E-state index is 13.5. The molecule has 0 aliphatic carbocycles. The van der Waals surface area contributed by atoms with Crippen LogP contribution in [0.2, 0.25) is 0 Å². The summed E-state index contributed by atoms with van der Waals surface area (Å²) in [7, 11) is 1.51. The van der Waals surface area contributed by atoms with Gasteiger partial charge in [-0.1, -0.05) is 29.8 Å². The second kappa shape index (κ2) is 8.55. The molecule has 156 valence electrons. The Hall–Kier alpha value is -3.13. The Labute approximate surface area is 193 Å². The highest BCUT2D eigenvalue weighted by atomic mass is 127. The van der Waals surface area contributed by atoms with Crippen LogP contribution >= 0.6 is 22.6 Å². The summed E-state index contributed by atoms with van der Waals surface area (Å²) in [4.78, 5) is 18.3. The molecule has 1 aromatic heterocycles. The number of fused-ring (bicyclic) bond motifs is 1. The average Bonchev–Trinajstić information content (AvgIpc) is 2.74. The van der Waals surface area contributed by atoms with E-state index in [4.69, 9.17) is 9.72 Å². The van der Waals surface area contributed by atoms with Gasteiger partial charge in [0, 0.05) is 3.57 Å². The Bertz CT molecular complexity index is 1390. The molecular weight excluding hydrogens is 503 g/mol. The zero-order valence-electron chi connectivity index (χ0n) is 17.4. The Balaban J connectivity index is 1.95. The number of benzene rings is 3. The van der Waals surface area contributed by atoms with E-state index in [0.717, 1.165) is 25.9 Å². The number of ether oxygens (including phenoxy) is 1. The van der Waals surface area contributed by atoms with Gasteiger partial charge in [-0.15, -0.1) is 0 Å². The molecule has 3 aromatic carbocycles. The lowest BCUT2D eigenvalue weighted by molar-refractivity contribution is 0.373. The van der Waals surface area contributed by atoms with Gasteiger partial charge in [-0.3, -0.25) is 9.36 Å². The van der Waals surface area contributed by atoms with Crippen molar-refractivity contribution in [1.29, 1.82) is 0 Å². The minimum atomic E-state index is -0.113. The van der Waals surface area contributed by atoms with Crippen molar-refractivity contribution in [2.75, 3.05) is 7.11 Å². The summed E-state index contributed by atoms with van der Waals surface area (Å²) in [6.45, 7) is 4.02. The van der Waals surface area contributed by atoms with Crippen LogP contribution in [0, 0.1) is 17.4 Å². The smallest absolute Gasteiger partial charge is 0.266 e. The van der Waals surface area contributed by atoms with Crippen molar-refractivity contribution in [3.8, 4) is 17.2 Å². The fraction of sp³-hybridized carbons (Fsp3) is 0.120. The number of phenolic OH excluding ortho intramolecular Hbond substituents is 1. The van der Waals surface area contributed by atoms with Gasteiger partial charge >= 0.3 is 0 Å². The summed E-state index contributed by atoms with van der Waals surface area (Å²) in [5.41, 5.74) is 4.28. The molecule has 5 nitrogen and oxygen atoms in total. The zero-order chi connectivity index (χ0) is 22.1. The van der Waals surface area contributed by atoms with Gasteiger partial charge in [0.05, 0.1) is 23.7 Å². The van der Waals surface area contributed by atoms with Gasteiger partial charge in [0.15, 0.2) is 11.5 Å². The molecular formula is C25H21IN2O3. The first-order valence-electron chi connectivity index (χ1n) is 9.72. The van der Waals surface area contributed by atoms with E-state index in [1.807, 2.05) is 56.3 Å². The van der Waals surface area contributed by atoms with Crippen molar-refractivity contribution in [2.24, 2.45) is 0 Å². The van der Waals surface area contributed by atoms with Crippen LogP contribution < -0.4 is 10.3 Å². The van der Waals surface area contributed by atoms with E-state index in [9.17, 15) is 9.90 Å². The molecule has 0 amide bonds. The molecule has 6 heteroatoms. The Kier molecular flexibility index (Phi) is 5.82. The number of phenols is 1.